The van der Waals surface area contributed by atoms with Gasteiger partial charge in [0.2, 0.25) is 5.91 Å². The highest BCUT2D eigenvalue weighted by atomic mass is 19.1. The van der Waals surface area contributed by atoms with E-state index in [9.17, 15) is 18.8 Å². The number of benzene rings is 1. The largest absolute Gasteiger partial charge is 0.350 e. The first kappa shape index (κ1) is 16.9. The Hall–Kier alpha value is -2.44. The quantitative estimate of drug-likeness (QED) is 0.803. The van der Waals surface area contributed by atoms with Crippen molar-refractivity contribution in [2.24, 2.45) is 5.92 Å². The molecule has 0 saturated carbocycles. The molecule has 0 radical (unpaired) electrons. The topological polar surface area (TPSA) is 78.5 Å². The summed E-state index contributed by atoms with van der Waals surface area (Å²) in [5, 5.41) is 5.13. The highest BCUT2D eigenvalue weighted by Gasteiger charge is 2.40. The number of hydrogen-bond donors (Lipinski definition) is 2. The van der Waals surface area contributed by atoms with E-state index in [0.29, 0.717) is 11.1 Å². The molecule has 23 heavy (non-hydrogen) atoms. The minimum Gasteiger partial charge on any atom is -0.350 e. The average molecular weight is 321 g/mol. The number of hydrogen-bond acceptors (Lipinski definition) is 3. The summed E-state index contributed by atoms with van der Waals surface area (Å²) >= 11 is 0. The molecule has 0 aromatic heterocycles. The molecule has 1 saturated heterocycles. The molecule has 6 nitrogen and oxygen atoms in total. The molecule has 0 spiro atoms. The van der Waals surface area contributed by atoms with Crippen molar-refractivity contribution >= 4 is 17.8 Å². The summed E-state index contributed by atoms with van der Waals surface area (Å²) < 4.78 is 13.4. The molecular weight excluding hydrogens is 301 g/mol. The Morgan fingerprint density at radius 2 is 2.09 bits per heavy atom. The Morgan fingerprint density at radius 1 is 1.39 bits per heavy atom. The van der Waals surface area contributed by atoms with Gasteiger partial charge < -0.3 is 10.6 Å². The van der Waals surface area contributed by atoms with Crippen molar-refractivity contribution < 1.29 is 18.8 Å². The number of nitrogens with one attached hydrogen (secondary N) is 2. The van der Waals surface area contributed by atoms with Gasteiger partial charge >= 0.3 is 6.03 Å². The first-order valence-electron chi connectivity index (χ1n) is 7.43. The fraction of sp³-hybridized carbons (Fsp3) is 0.438. The summed E-state index contributed by atoms with van der Waals surface area (Å²) in [5.74, 6) is -1.26. The second-order valence-corrected chi connectivity index (χ2v) is 5.96. The van der Waals surface area contributed by atoms with E-state index in [4.69, 9.17) is 0 Å². The number of aryl methyl sites for hydroxylation is 1. The number of imide groups is 1. The van der Waals surface area contributed by atoms with Crippen molar-refractivity contribution in [3.8, 4) is 0 Å². The second-order valence-electron chi connectivity index (χ2n) is 5.96. The van der Waals surface area contributed by atoms with Gasteiger partial charge in [-0.1, -0.05) is 26.0 Å². The Labute approximate surface area is 134 Å². The lowest BCUT2D eigenvalue weighted by Gasteiger charge is -2.14. The molecule has 1 aliphatic rings. The zero-order valence-corrected chi connectivity index (χ0v) is 13.4. The third kappa shape index (κ3) is 3.85. The van der Waals surface area contributed by atoms with Crippen LogP contribution in [0.25, 0.3) is 0 Å². The maximum absolute atomic E-state index is 13.4. The number of urea groups is 1. The van der Waals surface area contributed by atoms with Gasteiger partial charge in [-0.3, -0.25) is 14.5 Å². The fourth-order valence-electron chi connectivity index (χ4n) is 2.29. The van der Waals surface area contributed by atoms with Crippen molar-refractivity contribution in [2.75, 3.05) is 6.54 Å². The maximum Gasteiger partial charge on any atom is 0.325 e. The minimum absolute atomic E-state index is 0.0463. The lowest BCUT2D eigenvalue weighted by atomic mass is 10.1. The highest BCUT2D eigenvalue weighted by Crippen LogP contribution is 2.13. The van der Waals surface area contributed by atoms with Crippen molar-refractivity contribution in [3.05, 3.63) is 35.1 Å². The van der Waals surface area contributed by atoms with Gasteiger partial charge in [-0.25, -0.2) is 9.18 Å². The van der Waals surface area contributed by atoms with Gasteiger partial charge in [-0.05, 0) is 30.0 Å². The highest BCUT2D eigenvalue weighted by molar-refractivity contribution is 6.06. The van der Waals surface area contributed by atoms with Crippen LogP contribution in [0.5, 0.6) is 0 Å². The SMILES string of the molecule is Cc1ccc(CNC(=O)CN2C(=O)NC(C(C)C)C2=O)cc1F. The average Bonchev–Trinajstić information content (AvgIpc) is 2.77. The number of rotatable bonds is 5. The molecule has 1 atom stereocenters. The zero-order valence-electron chi connectivity index (χ0n) is 13.4. The van der Waals surface area contributed by atoms with Gasteiger partial charge in [0.05, 0.1) is 0 Å². The zero-order chi connectivity index (χ0) is 17.1. The Kier molecular flexibility index (Phi) is 4.98. The van der Waals surface area contributed by atoms with Crippen LogP contribution in [0.4, 0.5) is 9.18 Å². The van der Waals surface area contributed by atoms with Crippen LogP contribution < -0.4 is 10.6 Å². The van der Waals surface area contributed by atoms with Crippen molar-refractivity contribution in [1.82, 2.24) is 15.5 Å². The second kappa shape index (κ2) is 6.76. The third-order valence-electron chi connectivity index (χ3n) is 3.75. The van der Waals surface area contributed by atoms with E-state index in [-0.39, 0.29) is 24.8 Å². The summed E-state index contributed by atoms with van der Waals surface area (Å²) in [4.78, 5) is 36.6. The van der Waals surface area contributed by atoms with Crippen LogP contribution in [-0.4, -0.2) is 35.3 Å². The number of nitrogens with zero attached hydrogens (tertiary/aromatic N) is 1. The van der Waals surface area contributed by atoms with Crippen LogP contribution in [0.1, 0.15) is 25.0 Å². The summed E-state index contributed by atoms with van der Waals surface area (Å²) in [6, 6.07) is 3.52. The van der Waals surface area contributed by atoms with Gasteiger partial charge in [0.15, 0.2) is 0 Å². The van der Waals surface area contributed by atoms with E-state index < -0.39 is 23.9 Å². The molecule has 0 aliphatic carbocycles. The molecular formula is C16H20FN3O3. The monoisotopic (exact) mass is 321 g/mol. The normalized spacial score (nSPS) is 17.6. The molecule has 0 bridgehead atoms. The molecule has 1 unspecified atom stereocenters. The van der Waals surface area contributed by atoms with Gasteiger partial charge in [0.25, 0.3) is 5.91 Å². The molecule has 1 aromatic carbocycles. The van der Waals surface area contributed by atoms with Crippen LogP contribution in [0.2, 0.25) is 0 Å². The van der Waals surface area contributed by atoms with Crippen molar-refractivity contribution in [3.63, 3.8) is 0 Å². The van der Waals surface area contributed by atoms with Crippen LogP contribution in [0.3, 0.4) is 0 Å². The van der Waals surface area contributed by atoms with Crippen LogP contribution in [-0.2, 0) is 16.1 Å². The standard InChI is InChI=1S/C16H20FN3O3/c1-9(2)14-15(22)20(16(23)19-14)8-13(21)18-7-11-5-4-10(3)12(17)6-11/h4-6,9,14H,7-8H2,1-3H3,(H,18,21)(H,19,23). The predicted molar refractivity (Wildman–Crippen MR) is 81.9 cm³/mol. The predicted octanol–water partition coefficient (Wildman–Crippen LogP) is 1.33. The summed E-state index contributed by atoms with van der Waals surface area (Å²) in [5.41, 5.74) is 1.14. The van der Waals surface area contributed by atoms with Crippen molar-refractivity contribution in [1.29, 1.82) is 0 Å². The number of halogens is 1. The molecule has 2 N–H and O–H groups in total. The van der Waals surface area contributed by atoms with Gasteiger partial charge in [-0.2, -0.15) is 0 Å². The van der Waals surface area contributed by atoms with E-state index >= 15 is 0 Å². The Balaban J connectivity index is 1.91. The first-order valence-corrected chi connectivity index (χ1v) is 7.43. The summed E-state index contributed by atoms with van der Waals surface area (Å²) in [7, 11) is 0. The van der Waals surface area contributed by atoms with Gasteiger partial charge in [0, 0.05) is 6.54 Å². The first-order chi connectivity index (χ1) is 10.8. The Bertz CT molecular complexity index is 645. The number of carbonyl (C=O) groups is 3. The smallest absolute Gasteiger partial charge is 0.325 e. The van der Waals surface area contributed by atoms with E-state index in [1.165, 1.54) is 6.07 Å². The van der Waals surface area contributed by atoms with E-state index in [1.807, 2.05) is 13.8 Å². The number of carbonyl (C=O) groups excluding carboxylic acids is 3. The molecule has 4 amide bonds. The fourth-order valence-corrected chi connectivity index (χ4v) is 2.29. The Morgan fingerprint density at radius 3 is 2.65 bits per heavy atom. The molecule has 7 heteroatoms. The van der Waals surface area contributed by atoms with Gasteiger partial charge in [-0.15, -0.1) is 0 Å². The molecule has 1 fully saturated rings. The molecule has 1 aliphatic heterocycles. The molecule has 1 aromatic rings. The lowest BCUT2D eigenvalue weighted by Crippen LogP contribution is -2.41. The number of amides is 4. The maximum atomic E-state index is 13.4. The summed E-state index contributed by atoms with van der Waals surface area (Å²) in [6.45, 7) is 5.08. The van der Waals surface area contributed by atoms with Crippen molar-refractivity contribution in [2.45, 2.75) is 33.4 Å². The van der Waals surface area contributed by atoms with Crippen LogP contribution in [0.15, 0.2) is 18.2 Å². The van der Waals surface area contributed by atoms with Crippen LogP contribution >= 0.6 is 0 Å². The van der Waals surface area contributed by atoms with E-state index in [1.54, 1.807) is 19.1 Å². The molecule has 1 heterocycles. The van der Waals surface area contributed by atoms with Crippen LogP contribution in [0, 0.1) is 18.7 Å². The van der Waals surface area contributed by atoms with E-state index in [0.717, 1.165) is 4.90 Å². The minimum atomic E-state index is -0.596. The molecule has 124 valence electrons. The van der Waals surface area contributed by atoms with Gasteiger partial charge in [0.1, 0.15) is 18.4 Å². The third-order valence-corrected chi connectivity index (χ3v) is 3.75. The molecule has 2 rings (SSSR count). The summed E-state index contributed by atoms with van der Waals surface area (Å²) in [6.07, 6.45) is 0. The lowest BCUT2D eigenvalue weighted by molar-refractivity contribution is -0.132. The van der Waals surface area contributed by atoms with E-state index in [2.05, 4.69) is 10.6 Å².